The van der Waals surface area contributed by atoms with E-state index in [0.29, 0.717) is 6.54 Å². The van der Waals surface area contributed by atoms with Crippen LogP contribution in [0.2, 0.25) is 0 Å². The van der Waals surface area contributed by atoms with Gasteiger partial charge in [-0.3, -0.25) is 4.79 Å². The largest absolute Gasteiger partial charge is 0.354 e. The Morgan fingerprint density at radius 1 is 1.23 bits per heavy atom. The fraction of sp³-hybridized carbons (Fsp3) is 0.786. The molecule has 0 radical (unpaired) electrons. The van der Waals surface area contributed by atoms with Crippen LogP contribution in [0.25, 0.3) is 0 Å². The zero-order valence-corrected chi connectivity index (χ0v) is 14.3. The monoisotopic (exact) mass is 349 g/mol. The maximum absolute atomic E-state index is 11.9. The molecule has 1 saturated heterocycles. The summed E-state index contributed by atoms with van der Waals surface area (Å²) in [7, 11) is 0. The number of aryl methyl sites for hydroxylation is 1. The van der Waals surface area contributed by atoms with Crippen molar-refractivity contribution in [2.24, 2.45) is 0 Å². The van der Waals surface area contributed by atoms with E-state index in [9.17, 15) is 4.79 Å². The molecule has 1 aromatic rings. The van der Waals surface area contributed by atoms with E-state index in [4.69, 9.17) is 0 Å². The van der Waals surface area contributed by atoms with Gasteiger partial charge in [-0.25, -0.2) is 0 Å². The zero-order chi connectivity index (χ0) is 13.8. The Balaban J connectivity index is 0.00000121. The molecule has 8 heteroatoms. The molecule has 3 rings (SSSR count). The number of hydrogen-bond donors (Lipinski definition) is 2. The van der Waals surface area contributed by atoms with Crippen LogP contribution < -0.4 is 10.6 Å². The molecule has 2 N–H and O–H groups in total. The second-order valence-corrected chi connectivity index (χ2v) is 5.68. The first kappa shape index (κ1) is 19.2. The van der Waals surface area contributed by atoms with Gasteiger partial charge in [0.25, 0.3) is 0 Å². The molecule has 0 bridgehead atoms. The molecule has 1 atom stereocenters. The highest BCUT2D eigenvalue weighted by Crippen LogP contribution is 2.14. The maximum atomic E-state index is 11.9. The van der Waals surface area contributed by atoms with Gasteiger partial charge in [0.1, 0.15) is 11.6 Å². The third kappa shape index (κ3) is 4.57. The molecule has 3 heterocycles. The van der Waals surface area contributed by atoms with Crippen LogP contribution in [0.15, 0.2) is 0 Å². The molecule has 1 aromatic heterocycles. The number of rotatable bonds is 4. The molecular formula is C14H25Cl2N5O. The predicted octanol–water partition coefficient (Wildman–Crippen LogP) is 1.26. The van der Waals surface area contributed by atoms with Gasteiger partial charge < -0.3 is 15.2 Å². The van der Waals surface area contributed by atoms with E-state index in [2.05, 4.69) is 25.4 Å². The van der Waals surface area contributed by atoms with Crippen LogP contribution in [-0.2, 0) is 24.2 Å². The highest BCUT2D eigenvalue weighted by Gasteiger charge is 2.21. The van der Waals surface area contributed by atoms with E-state index < -0.39 is 0 Å². The number of nitrogens with zero attached hydrogens (tertiary/aromatic N) is 3. The van der Waals surface area contributed by atoms with Gasteiger partial charge >= 0.3 is 0 Å². The minimum atomic E-state index is 0. The van der Waals surface area contributed by atoms with Gasteiger partial charge in [0, 0.05) is 25.9 Å². The fourth-order valence-electron chi connectivity index (χ4n) is 3.06. The lowest BCUT2D eigenvalue weighted by molar-refractivity contribution is -0.122. The first-order valence-corrected chi connectivity index (χ1v) is 7.76. The van der Waals surface area contributed by atoms with Crippen molar-refractivity contribution >= 4 is 30.7 Å². The number of halogens is 2. The van der Waals surface area contributed by atoms with Crippen molar-refractivity contribution in [1.82, 2.24) is 25.4 Å². The molecule has 1 fully saturated rings. The highest BCUT2D eigenvalue weighted by molar-refractivity contribution is 5.85. The van der Waals surface area contributed by atoms with E-state index >= 15 is 0 Å². The summed E-state index contributed by atoms with van der Waals surface area (Å²) in [4.78, 5) is 11.9. The number of carbonyl (C=O) groups excluding carboxylic acids is 1. The average Bonchev–Trinajstić information content (AvgIpc) is 3.05. The van der Waals surface area contributed by atoms with Gasteiger partial charge in [0.15, 0.2) is 0 Å². The topological polar surface area (TPSA) is 71.8 Å². The standard InChI is InChI=1S/C14H23N5O.2ClH/c20-14(11-5-4-8-15-11)16-9-7-13-18-17-12-6-2-1-3-10-19(12)13;;/h11,15H,1-10H2,(H,16,20);2*1H. The van der Waals surface area contributed by atoms with Gasteiger partial charge in [0.05, 0.1) is 6.04 Å². The van der Waals surface area contributed by atoms with Crippen molar-refractivity contribution in [2.75, 3.05) is 13.1 Å². The molecule has 1 unspecified atom stereocenters. The number of amides is 1. The number of nitrogens with one attached hydrogen (secondary N) is 2. The lowest BCUT2D eigenvalue weighted by atomic mass is 10.2. The Kier molecular flexibility index (Phi) is 8.14. The summed E-state index contributed by atoms with van der Waals surface area (Å²) in [6, 6.07) is 0.00511. The SMILES string of the molecule is Cl.Cl.O=C(NCCc1nnc2n1CCCCC2)C1CCCN1. The summed E-state index contributed by atoms with van der Waals surface area (Å²) >= 11 is 0. The summed E-state index contributed by atoms with van der Waals surface area (Å²) in [5, 5.41) is 14.8. The van der Waals surface area contributed by atoms with E-state index in [1.165, 1.54) is 19.3 Å². The van der Waals surface area contributed by atoms with E-state index in [0.717, 1.165) is 50.4 Å². The Hall–Kier alpha value is -0.850. The maximum Gasteiger partial charge on any atom is 0.237 e. The summed E-state index contributed by atoms with van der Waals surface area (Å²) in [6.45, 7) is 2.63. The molecule has 22 heavy (non-hydrogen) atoms. The van der Waals surface area contributed by atoms with Crippen molar-refractivity contribution in [2.45, 2.75) is 57.5 Å². The zero-order valence-electron chi connectivity index (χ0n) is 12.7. The second kappa shape index (κ2) is 9.33. The Morgan fingerprint density at radius 3 is 2.86 bits per heavy atom. The first-order chi connectivity index (χ1) is 9.84. The molecule has 2 aliphatic heterocycles. The van der Waals surface area contributed by atoms with E-state index in [-0.39, 0.29) is 36.8 Å². The minimum absolute atomic E-state index is 0. The number of hydrogen-bond acceptors (Lipinski definition) is 4. The first-order valence-electron chi connectivity index (χ1n) is 7.76. The molecular weight excluding hydrogens is 325 g/mol. The van der Waals surface area contributed by atoms with Crippen LogP contribution in [0.4, 0.5) is 0 Å². The molecule has 0 spiro atoms. The van der Waals surface area contributed by atoms with Crippen LogP contribution in [0.3, 0.4) is 0 Å². The van der Waals surface area contributed by atoms with Crippen molar-refractivity contribution in [3.8, 4) is 0 Å². The molecule has 2 aliphatic rings. The third-order valence-electron chi connectivity index (χ3n) is 4.21. The second-order valence-electron chi connectivity index (χ2n) is 5.68. The van der Waals surface area contributed by atoms with Gasteiger partial charge in [0.2, 0.25) is 5.91 Å². The molecule has 0 saturated carbocycles. The van der Waals surface area contributed by atoms with Crippen molar-refractivity contribution in [3.05, 3.63) is 11.6 Å². The quantitative estimate of drug-likeness (QED) is 0.858. The third-order valence-corrected chi connectivity index (χ3v) is 4.21. The van der Waals surface area contributed by atoms with Gasteiger partial charge in [-0.05, 0) is 32.2 Å². The highest BCUT2D eigenvalue weighted by atomic mass is 35.5. The van der Waals surface area contributed by atoms with Crippen LogP contribution >= 0.6 is 24.8 Å². The summed E-state index contributed by atoms with van der Waals surface area (Å²) in [5.41, 5.74) is 0. The summed E-state index contributed by atoms with van der Waals surface area (Å²) < 4.78 is 2.24. The van der Waals surface area contributed by atoms with Crippen molar-refractivity contribution in [1.29, 1.82) is 0 Å². The van der Waals surface area contributed by atoms with E-state index in [1.54, 1.807) is 0 Å². The molecule has 0 aliphatic carbocycles. The molecule has 126 valence electrons. The smallest absolute Gasteiger partial charge is 0.237 e. The summed E-state index contributed by atoms with van der Waals surface area (Å²) in [6.07, 6.45) is 7.53. The molecule has 6 nitrogen and oxygen atoms in total. The van der Waals surface area contributed by atoms with Crippen molar-refractivity contribution in [3.63, 3.8) is 0 Å². The fourth-order valence-corrected chi connectivity index (χ4v) is 3.06. The van der Waals surface area contributed by atoms with Crippen LogP contribution in [0.1, 0.15) is 43.8 Å². The summed E-state index contributed by atoms with van der Waals surface area (Å²) in [5.74, 6) is 2.25. The molecule has 1 amide bonds. The van der Waals surface area contributed by atoms with Crippen LogP contribution in [0.5, 0.6) is 0 Å². The minimum Gasteiger partial charge on any atom is -0.354 e. The normalized spacial score (nSPS) is 20.3. The van der Waals surface area contributed by atoms with E-state index in [1.807, 2.05) is 0 Å². The van der Waals surface area contributed by atoms with Gasteiger partial charge in [-0.15, -0.1) is 35.0 Å². The van der Waals surface area contributed by atoms with Crippen LogP contribution in [0, 0.1) is 0 Å². The number of aromatic nitrogens is 3. The Bertz CT molecular complexity index is 474. The number of carbonyl (C=O) groups is 1. The average molecular weight is 350 g/mol. The lowest BCUT2D eigenvalue weighted by Crippen LogP contribution is -2.41. The number of fused-ring (bicyclic) bond motifs is 1. The Morgan fingerprint density at radius 2 is 2.09 bits per heavy atom. The van der Waals surface area contributed by atoms with Crippen LogP contribution in [-0.4, -0.2) is 39.8 Å². The van der Waals surface area contributed by atoms with Gasteiger partial charge in [-0.2, -0.15) is 0 Å². The predicted molar refractivity (Wildman–Crippen MR) is 89.8 cm³/mol. The van der Waals surface area contributed by atoms with Crippen molar-refractivity contribution < 1.29 is 4.79 Å². The molecule has 0 aromatic carbocycles. The lowest BCUT2D eigenvalue weighted by Gasteiger charge is -2.11. The van der Waals surface area contributed by atoms with Gasteiger partial charge in [-0.1, -0.05) is 6.42 Å². The Labute approximate surface area is 143 Å².